The first-order valence-electron chi connectivity index (χ1n) is 8.34. The third-order valence-electron chi connectivity index (χ3n) is 3.80. The second kappa shape index (κ2) is 8.73. The molecule has 2 N–H and O–H groups in total. The second-order valence-electron chi connectivity index (χ2n) is 5.77. The van der Waals surface area contributed by atoms with Crippen molar-refractivity contribution in [1.29, 1.82) is 0 Å². The SMILES string of the molecule is Oc1c(F)ccc2cccnc12.Oc1ccccc1N=Cc1ccc(F)cc1. The Morgan fingerprint density at radius 1 is 0.821 bits per heavy atom. The molecule has 0 unspecified atom stereocenters. The smallest absolute Gasteiger partial charge is 0.178 e. The lowest BCUT2D eigenvalue weighted by Gasteiger charge is -1.99. The molecule has 0 atom stereocenters. The minimum Gasteiger partial charge on any atom is -0.506 e. The van der Waals surface area contributed by atoms with Crippen LogP contribution in [0.3, 0.4) is 0 Å². The molecule has 1 aromatic heterocycles. The van der Waals surface area contributed by atoms with Crippen LogP contribution in [-0.4, -0.2) is 21.4 Å². The number of aromatic hydroxyl groups is 2. The van der Waals surface area contributed by atoms with E-state index in [1.165, 1.54) is 24.4 Å². The van der Waals surface area contributed by atoms with Crippen molar-refractivity contribution in [3.05, 3.63) is 96.2 Å². The van der Waals surface area contributed by atoms with Gasteiger partial charge in [-0.15, -0.1) is 0 Å². The molecule has 0 saturated carbocycles. The molecule has 0 bridgehead atoms. The average molecular weight is 378 g/mol. The molecule has 140 valence electrons. The van der Waals surface area contributed by atoms with E-state index in [-0.39, 0.29) is 17.3 Å². The van der Waals surface area contributed by atoms with Gasteiger partial charge in [0.2, 0.25) is 0 Å². The fourth-order valence-corrected chi connectivity index (χ4v) is 2.37. The average Bonchev–Trinajstić information content (AvgIpc) is 2.72. The van der Waals surface area contributed by atoms with Crippen molar-refractivity contribution in [2.75, 3.05) is 0 Å². The monoisotopic (exact) mass is 378 g/mol. The maximum atomic E-state index is 12.8. The van der Waals surface area contributed by atoms with Gasteiger partial charge in [-0.2, -0.15) is 0 Å². The van der Waals surface area contributed by atoms with Gasteiger partial charge in [-0.05, 0) is 48.0 Å². The summed E-state index contributed by atoms with van der Waals surface area (Å²) in [5, 5.41) is 19.4. The van der Waals surface area contributed by atoms with E-state index in [2.05, 4.69) is 9.98 Å². The molecule has 6 heteroatoms. The van der Waals surface area contributed by atoms with Crippen LogP contribution < -0.4 is 0 Å². The quantitative estimate of drug-likeness (QED) is 0.462. The molecule has 0 amide bonds. The predicted octanol–water partition coefficient (Wildman–Crippen LogP) is 5.36. The number of phenolic OH excluding ortho intramolecular Hbond substituents is 2. The summed E-state index contributed by atoms with van der Waals surface area (Å²) in [6.07, 6.45) is 3.09. The molecule has 0 aliphatic rings. The Labute approximate surface area is 160 Å². The number of aliphatic imine (C=N–C) groups is 1. The largest absolute Gasteiger partial charge is 0.506 e. The molecular formula is C22H16F2N2O2. The number of fused-ring (bicyclic) bond motifs is 1. The molecule has 0 aliphatic carbocycles. The Morgan fingerprint density at radius 3 is 2.32 bits per heavy atom. The van der Waals surface area contributed by atoms with E-state index in [0.717, 1.165) is 10.9 Å². The zero-order valence-electron chi connectivity index (χ0n) is 14.6. The summed E-state index contributed by atoms with van der Waals surface area (Å²) in [5.41, 5.74) is 1.58. The topological polar surface area (TPSA) is 65.7 Å². The van der Waals surface area contributed by atoms with E-state index in [4.69, 9.17) is 0 Å². The van der Waals surface area contributed by atoms with E-state index in [1.807, 2.05) is 0 Å². The number of halogens is 2. The number of phenols is 2. The third-order valence-corrected chi connectivity index (χ3v) is 3.80. The molecule has 0 spiro atoms. The molecule has 0 fully saturated rings. The summed E-state index contributed by atoms with van der Waals surface area (Å²) in [6.45, 7) is 0. The van der Waals surface area contributed by atoms with Crippen LogP contribution in [0.5, 0.6) is 11.5 Å². The second-order valence-corrected chi connectivity index (χ2v) is 5.77. The van der Waals surface area contributed by atoms with Gasteiger partial charge < -0.3 is 10.2 Å². The zero-order valence-corrected chi connectivity index (χ0v) is 14.6. The summed E-state index contributed by atoms with van der Waals surface area (Å²) < 4.78 is 25.4. The molecule has 1 heterocycles. The number of nitrogens with zero attached hydrogens (tertiary/aromatic N) is 2. The first-order valence-corrected chi connectivity index (χ1v) is 8.34. The number of hydrogen-bond acceptors (Lipinski definition) is 4. The Kier molecular flexibility index (Phi) is 5.91. The number of aromatic nitrogens is 1. The fourth-order valence-electron chi connectivity index (χ4n) is 2.37. The van der Waals surface area contributed by atoms with Gasteiger partial charge in [-0.3, -0.25) is 9.98 Å². The van der Waals surface area contributed by atoms with Crippen LogP contribution in [0.4, 0.5) is 14.5 Å². The van der Waals surface area contributed by atoms with Gasteiger partial charge in [-0.1, -0.05) is 30.3 Å². The van der Waals surface area contributed by atoms with Crippen molar-refractivity contribution in [2.24, 2.45) is 4.99 Å². The molecule has 0 aliphatic heterocycles. The summed E-state index contributed by atoms with van der Waals surface area (Å²) >= 11 is 0. The number of rotatable bonds is 2. The van der Waals surface area contributed by atoms with Gasteiger partial charge in [0, 0.05) is 17.8 Å². The van der Waals surface area contributed by atoms with Gasteiger partial charge in [0.1, 0.15) is 22.8 Å². The summed E-state index contributed by atoms with van der Waals surface area (Å²) in [5.74, 6) is -1.17. The lowest BCUT2D eigenvalue weighted by molar-refractivity contribution is 0.437. The van der Waals surface area contributed by atoms with Crippen LogP contribution in [0, 0.1) is 11.6 Å². The Hall–Kier alpha value is -3.80. The first kappa shape index (κ1) is 19.0. The van der Waals surface area contributed by atoms with E-state index in [9.17, 15) is 19.0 Å². The number of pyridine rings is 1. The fraction of sp³-hybridized carbons (Fsp3) is 0. The molecule has 4 rings (SSSR count). The number of benzene rings is 3. The van der Waals surface area contributed by atoms with E-state index in [0.29, 0.717) is 11.2 Å². The third kappa shape index (κ3) is 4.67. The normalized spacial score (nSPS) is 10.6. The zero-order chi connectivity index (χ0) is 19.9. The molecule has 4 aromatic rings. The van der Waals surface area contributed by atoms with Crippen LogP contribution >= 0.6 is 0 Å². The minimum absolute atomic E-state index is 0.126. The molecule has 4 nitrogen and oxygen atoms in total. The highest BCUT2D eigenvalue weighted by atomic mass is 19.1. The van der Waals surface area contributed by atoms with Crippen molar-refractivity contribution in [2.45, 2.75) is 0 Å². The van der Waals surface area contributed by atoms with Gasteiger partial charge in [0.05, 0.1) is 0 Å². The predicted molar refractivity (Wildman–Crippen MR) is 105 cm³/mol. The first-order chi connectivity index (χ1) is 13.5. The van der Waals surface area contributed by atoms with Gasteiger partial charge >= 0.3 is 0 Å². The van der Waals surface area contributed by atoms with Crippen molar-refractivity contribution in [1.82, 2.24) is 4.98 Å². The Bertz CT molecular complexity index is 1110. The van der Waals surface area contributed by atoms with Crippen LogP contribution in [0.2, 0.25) is 0 Å². The number of para-hydroxylation sites is 2. The molecule has 3 aromatic carbocycles. The minimum atomic E-state index is -0.638. The van der Waals surface area contributed by atoms with Crippen LogP contribution in [-0.2, 0) is 0 Å². The lowest BCUT2D eigenvalue weighted by atomic mass is 10.2. The van der Waals surface area contributed by atoms with Gasteiger partial charge in [-0.25, -0.2) is 8.78 Å². The molecule has 0 saturated heterocycles. The summed E-state index contributed by atoms with van der Waals surface area (Å²) in [4.78, 5) is 7.96. The van der Waals surface area contributed by atoms with Crippen molar-refractivity contribution < 1.29 is 19.0 Å². The van der Waals surface area contributed by atoms with Crippen LogP contribution in [0.15, 0.2) is 84.0 Å². The van der Waals surface area contributed by atoms with Gasteiger partial charge in [0.25, 0.3) is 0 Å². The maximum Gasteiger partial charge on any atom is 0.178 e. The maximum absolute atomic E-state index is 12.8. The molecule has 28 heavy (non-hydrogen) atoms. The van der Waals surface area contributed by atoms with E-state index in [1.54, 1.807) is 60.8 Å². The highest BCUT2D eigenvalue weighted by Crippen LogP contribution is 2.25. The van der Waals surface area contributed by atoms with Crippen molar-refractivity contribution in [3.8, 4) is 11.5 Å². The highest BCUT2D eigenvalue weighted by molar-refractivity contribution is 5.84. The molecule has 0 radical (unpaired) electrons. The highest BCUT2D eigenvalue weighted by Gasteiger charge is 2.05. The van der Waals surface area contributed by atoms with Crippen molar-refractivity contribution in [3.63, 3.8) is 0 Å². The Morgan fingerprint density at radius 2 is 1.57 bits per heavy atom. The standard InChI is InChI=1S/C13H10FNO.C9H6FNO/c14-11-7-5-10(6-8-11)9-15-12-3-1-2-4-13(12)16;10-7-4-3-6-2-1-5-11-8(6)9(7)12/h1-9,16H;1-5,12H. The summed E-state index contributed by atoms with van der Waals surface area (Å²) in [7, 11) is 0. The van der Waals surface area contributed by atoms with Crippen molar-refractivity contribution >= 4 is 22.8 Å². The Balaban J connectivity index is 0.000000167. The van der Waals surface area contributed by atoms with Gasteiger partial charge in [0.15, 0.2) is 11.6 Å². The van der Waals surface area contributed by atoms with Crippen LogP contribution in [0.1, 0.15) is 5.56 Å². The summed E-state index contributed by atoms with van der Waals surface area (Å²) in [6, 6.07) is 19.1. The lowest BCUT2D eigenvalue weighted by Crippen LogP contribution is -1.81. The number of hydrogen-bond donors (Lipinski definition) is 2. The molecular weight excluding hydrogens is 362 g/mol. The van der Waals surface area contributed by atoms with Crippen LogP contribution in [0.25, 0.3) is 10.9 Å². The van der Waals surface area contributed by atoms with E-state index >= 15 is 0 Å². The van der Waals surface area contributed by atoms with E-state index < -0.39 is 5.82 Å².